The molecule has 5 nitrogen and oxygen atoms in total. The number of nitrogens with zero attached hydrogens (tertiary/aromatic N) is 5. The van der Waals surface area contributed by atoms with Crippen molar-refractivity contribution in [3.8, 4) is 45.4 Å². The van der Waals surface area contributed by atoms with Gasteiger partial charge in [-0.3, -0.25) is 0 Å². The summed E-state index contributed by atoms with van der Waals surface area (Å²) in [7, 11) is 5.74. The molecule has 3 heterocycles. The highest BCUT2D eigenvalue weighted by Crippen LogP contribution is 2.39. The number of benzene rings is 4. The van der Waals surface area contributed by atoms with E-state index < -0.39 is 0 Å². The fraction of sp³-hybridized carbons (Fsp3) is 0.0833. The first-order chi connectivity index (χ1) is 21.2. The molecule has 2 radical (unpaired) electrons. The highest BCUT2D eigenvalue weighted by Gasteiger charge is 2.17. The molecule has 3 aromatic heterocycles. The van der Waals surface area contributed by atoms with Crippen LogP contribution in [0.5, 0.6) is 0 Å². The molecule has 7 rings (SSSR count). The summed E-state index contributed by atoms with van der Waals surface area (Å²) >= 11 is 1.70. The predicted molar refractivity (Wildman–Crippen MR) is 179 cm³/mol. The molecule has 0 bridgehead atoms. The summed E-state index contributed by atoms with van der Waals surface area (Å²) in [4.78, 5) is 25.6. The number of fused-ring (bicyclic) bond motifs is 3. The number of hydrogen-bond acceptors (Lipinski definition) is 6. The molecule has 4 aromatic carbocycles. The molecular weight excluding hydrogens is 545 g/mol. The van der Waals surface area contributed by atoms with Gasteiger partial charge < -0.3 is 0 Å². The minimum absolute atomic E-state index is 0.573. The van der Waals surface area contributed by atoms with Crippen LogP contribution in [0, 0.1) is 0 Å². The summed E-state index contributed by atoms with van der Waals surface area (Å²) in [5.74, 6) is 2.58. The maximum Gasteiger partial charge on any atom is 0.164 e. The van der Waals surface area contributed by atoms with Crippen molar-refractivity contribution in [1.29, 1.82) is 0 Å². The number of aromatic nitrogens is 5. The zero-order chi connectivity index (χ0) is 29.2. The lowest BCUT2D eigenvalue weighted by atomic mass is 10.0. The number of allylic oxidation sites excluding steroid dienone is 2. The molecule has 0 amide bonds. The van der Waals surface area contributed by atoms with Crippen molar-refractivity contribution >= 4 is 45.1 Å². The summed E-state index contributed by atoms with van der Waals surface area (Å²) in [6, 6.07) is 36.9. The van der Waals surface area contributed by atoms with Gasteiger partial charge in [-0.1, -0.05) is 116 Å². The summed E-state index contributed by atoms with van der Waals surface area (Å²) in [6.07, 6.45) is 3.41. The molecule has 0 aliphatic heterocycles. The third-order valence-electron chi connectivity index (χ3n) is 7.32. The molecule has 0 aliphatic carbocycles. The van der Waals surface area contributed by atoms with Gasteiger partial charge in [0.05, 0.1) is 13.5 Å². The Morgan fingerprint density at radius 2 is 1.19 bits per heavy atom. The van der Waals surface area contributed by atoms with Crippen molar-refractivity contribution in [2.75, 3.05) is 0 Å². The fourth-order valence-corrected chi connectivity index (χ4v) is 6.19. The first kappa shape index (κ1) is 26.9. The molecule has 0 saturated heterocycles. The van der Waals surface area contributed by atoms with Crippen molar-refractivity contribution in [2.24, 2.45) is 0 Å². The molecule has 0 unspecified atom stereocenters. The van der Waals surface area contributed by atoms with E-state index in [0.717, 1.165) is 50.2 Å². The SMILES string of the molecule is [B]CC/C=C(\C)c1nc(-c2ccccc2)nc(-c2ccc(-c3nc(-c4ccccc4)c4c(n3)sc3ccccc34)cc2)n1. The Balaban J connectivity index is 1.33. The van der Waals surface area contributed by atoms with E-state index in [1.165, 1.54) is 10.1 Å². The lowest BCUT2D eigenvalue weighted by Gasteiger charge is -2.10. The van der Waals surface area contributed by atoms with E-state index in [1.54, 1.807) is 11.3 Å². The van der Waals surface area contributed by atoms with Gasteiger partial charge in [-0.05, 0) is 25.0 Å². The molecular formula is C36H26BN5S. The average molecular weight is 572 g/mol. The van der Waals surface area contributed by atoms with Gasteiger partial charge in [-0.15, -0.1) is 11.3 Å². The van der Waals surface area contributed by atoms with Gasteiger partial charge in [-0.2, -0.15) is 0 Å². The quantitative estimate of drug-likeness (QED) is 0.179. The molecule has 0 aliphatic rings. The Morgan fingerprint density at radius 3 is 1.84 bits per heavy atom. The molecule has 7 aromatic rings. The molecule has 7 heteroatoms. The van der Waals surface area contributed by atoms with Crippen LogP contribution in [0.15, 0.2) is 115 Å². The smallest absolute Gasteiger partial charge is 0.164 e. The Morgan fingerprint density at radius 1 is 0.628 bits per heavy atom. The topological polar surface area (TPSA) is 64.5 Å². The van der Waals surface area contributed by atoms with Crippen molar-refractivity contribution < 1.29 is 0 Å². The fourth-order valence-electron chi connectivity index (χ4n) is 5.11. The molecule has 43 heavy (non-hydrogen) atoms. The van der Waals surface area contributed by atoms with Crippen molar-refractivity contribution in [3.63, 3.8) is 0 Å². The first-order valence-electron chi connectivity index (χ1n) is 14.2. The van der Waals surface area contributed by atoms with E-state index in [1.807, 2.05) is 79.7 Å². The van der Waals surface area contributed by atoms with Crippen molar-refractivity contribution in [1.82, 2.24) is 24.9 Å². The second-order valence-electron chi connectivity index (χ2n) is 10.3. The van der Waals surface area contributed by atoms with Crippen molar-refractivity contribution in [3.05, 3.63) is 121 Å². The molecule has 204 valence electrons. The number of thiophene rings is 1. The summed E-state index contributed by atoms with van der Waals surface area (Å²) < 4.78 is 1.20. The van der Waals surface area contributed by atoms with E-state index in [9.17, 15) is 0 Å². The first-order valence-corrected chi connectivity index (χ1v) is 15.0. The Hall–Kier alpha value is -5.01. The van der Waals surface area contributed by atoms with Gasteiger partial charge in [0.2, 0.25) is 0 Å². The maximum absolute atomic E-state index is 5.74. The molecule has 0 N–H and O–H groups in total. The Bertz CT molecular complexity index is 2090. The average Bonchev–Trinajstić information content (AvgIpc) is 3.46. The zero-order valence-electron chi connectivity index (χ0n) is 23.6. The van der Waals surface area contributed by atoms with Gasteiger partial charge in [0, 0.05) is 37.7 Å². The monoisotopic (exact) mass is 571 g/mol. The van der Waals surface area contributed by atoms with Crippen LogP contribution >= 0.6 is 11.3 Å². The highest BCUT2D eigenvalue weighted by atomic mass is 32.1. The van der Waals surface area contributed by atoms with Gasteiger partial charge in [0.15, 0.2) is 23.3 Å². The highest BCUT2D eigenvalue weighted by molar-refractivity contribution is 7.25. The minimum Gasteiger partial charge on any atom is -0.227 e. The Kier molecular flexibility index (Phi) is 7.31. The lowest BCUT2D eigenvalue weighted by molar-refractivity contribution is 1.03. The van der Waals surface area contributed by atoms with E-state index in [4.69, 9.17) is 32.8 Å². The summed E-state index contributed by atoms with van der Waals surface area (Å²) in [5, 5.41) is 2.27. The second-order valence-corrected chi connectivity index (χ2v) is 11.3. The number of rotatable bonds is 7. The zero-order valence-corrected chi connectivity index (χ0v) is 24.4. The third kappa shape index (κ3) is 5.35. The van der Waals surface area contributed by atoms with Crippen LogP contribution in [0.1, 0.15) is 19.2 Å². The van der Waals surface area contributed by atoms with Crippen LogP contribution in [-0.2, 0) is 0 Å². The van der Waals surface area contributed by atoms with E-state index in [2.05, 4.69) is 42.5 Å². The van der Waals surface area contributed by atoms with Gasteiger partial charge in [0.1, 0.15) is 4.83 Å². The van der Waals surface area contributed by atoms with Gasteiger partial charge in [0.25, 0.3) is 0 Å². The minimum atomic E-state index is 0.573. The molecule has 0 saturated carbocycles. The Labute approximate surface area is 255 Å². The molecule has 0 atom stereocenters. The number of hydrogen-bond donors (Lipinski definition) is 0. The van der Waals surface area contributed by atoms with Crippen LogP contribution in [0.25, 0.3) is 71.3 Å². The van der Waals surface area contributed by atoms with Crippen molar-refractivity contribution in [2.45, 2.75) is 19.7 Å². The molecule has 0 fully saturated rings. The third-order valence-corrected chi connectivity index (χ3v) is 8.39. The normalized spacial score (nSPS) is 11.8. The maximum atomic E-state index is 5.74. The molecule has 0 spiro atoms. The van der Waals surface area contributed by atoms with Crippen LogP contribution in [-0.4, -0.2) is 32.8 Å². The van der Waals surface area contributed by atoms with Crippen LogP contribution < -0.4 is 0 Å². The van der Waals surface area contributed by atoms with E-state index in [0.29, 0.717) is 29.6 Å². The van der Waals surface area contributed by atoms with Crippen LogP contribution in [0.3, 0.4) is 0 Å². The second kappa shape index (κ2) is 11.7. The standard InChI is InChI=1S/C36H26BN5S/c1-23(11-10-22-37)32-39-34(25-14-6-3-7-15-25)41-35(40-32)27-20-18-26(19-21-27)33-38-31(24-12-4-2-5-13-24)30-28-16-8-9-17-29(28)43-36(30)42-33/h2-9,11-21H,10,22H2,1H3/b23-11+. The summed E-state index contributed by atoms with van der Waals surface area (Å²) in [6.45, 7) is 2.01. The lowest BCUT2D eigenvalue weighted by Crippen LogP contribution is -2.02. The predicted octanol–water partition coefficient (Wildman–Crippen LogP) is 9.08. The van der Waals surface area contributed by atoms with Crippen LogP contribution in [0.2, 0.25) is 6.32 Å². The van der Waals surface area contributed by atoms with Gasteiger partial charge in [-0.25, -0.2) is 24.9 Å². The van der Waals surface area contributed by atoms with Gasteiger partial charge >= 0.3 is 0 Å². The van der Waals surface area contributed by atoms with Crippen LogP contribution in [0.4, 0.5) is 0 Å². The summed E-state index contributed by atoms with van der Waals surface area (Å²) in [5.41, 5.74) is 5.74. The van der Waals surface area contributed by atoms with E-state index in [-0.39, 0.29) is 0 Å². The van der Waals surface area contributed by atoms with E-state index >= 15 is 0 Å². The largest absolute Gasteiger partial charge is 0.227 e.